The molecule has 0 saturated carbocycles. The van der Waals surface area contributed by atoms with E-state index in [0.717, 1.165) is 61.2 Å². The Bertz CT molecular complexity index is 1230. The molecule has 2 heterocycles. The highest BCUT2D eigenvalue weighted by molar-refractivity contribution is 7.88. The van der Waals surface area contributed by atoms with Crippen molar-refractivity contribution < 1.29 is 8.42 Å². The highest BCUT2D eigenvalue weighted by Crippen LogP contribution is 2.23. The van der Waals surface area contributed by atoms with Crippen LogP contribution in [0.25, 0.3) is 22.0 Å². The van der Waals surface area contributed by atoms with Crippen molar-refractivity contribution >= 4 is 20.8 Å². The van der Waals surface area contributed by atoms with Gasteiger partial charge in [-0.2, -0.15) is 0 Å². The van der Waals surface area contributed by atoms with Gasteiger partial charge in [0.2, 0.25) is 10.0 Å². The van der Waals surface area contributed by atoms with Crippen molar-refractivity contribution in [3.8, 4) is 11.3 Å². The van der Waals surface area contributed by atoms with Crippen LogP contribution in [0.2, 0.25) is 0 Å². The van der Waals surface area contributed by atoms with Gasteiger partial charge in [0.1, 0.15) is 0 Å². The van der Waals surface area contributed by atoms with Crippen LogP contribution in [-0.2, 0) is 23.1 Å². The third kappa shape index (κ3) is 5.40. The fourth-order valence-corrected chi connectivity index (χ4v) is 4.34. The third-order valence-electron chi connectivity index (χ3n) is 5.77. The number of hydrogen-bond donors (Lipinski definition) is 2. The van der Waals surface area contributed by atoms with E-state index < -0.39 is 10.0 Å². The van der Waals surface area contributed by atoms with Crippen molar-refractivity contribution in [3.05, 3.63) is 70.0 Å². The van der Waals surface area contributed by atoms with E-state index in [-0.39, 0.29) is 12.1 Å². The number of hydrogen-bond acceptors (Lipinski definition) is 5. The van der Waals surface area contributed by atoms with Crippen LogP contribution in [0.5, 0.6) is 0 Å². The van der Waals surface area contributed by atoms with Crippen LogP contribution >= 0.6 is 0 Å². The van der Waals surface area contributed by atoms with E-state index in [1.165, 1.54) is 5.56 Å². The van der Waals surface area contributed by atoms with Crippen LogP contribution in [0.4, 0.5) is 0 Å². The summed E-state index contributed by atoms with van der Waals surface area (Å²) in [5.41, 5.74) is 3.47. The summed E-state index contributed by atoms with van der Waals surface area (Å²) >= 11 is 0. The van der Waals surface area contributed by atoms with Crippen molar-refractivity contribution in [3.63, 3.8) is 0 Å². The van der Waals surface area contributed by atoms with Crippen LogP contribution < -0.4 is 10.3 Å². The average molecular weight is 441 g/mol. The maximum Gasteiger partial charge on any atom is 0.256 e. The van der Waals surface area contributed by atoms with Gasteiger partial charge in [-0.1, -0.05) is 36.4 Å². The van der Waals surface area contributed by atoms with Gasteiger partial charge in [0.05, 0.1) is 6.26 Å². The summed E-state index contributed by atoms with van der Waals surface area (Å²) in [6.45, 7) is 5.38. The predicted molar refractivity (Wildman–Crippen MR) is 124 cm³/mol. The lowest BCUT2D eigenvalue weighted by molar-refractivity contribution is 0.148. The molecule has 7 nitrogen and oxygen atoms in total. The first-order valence-electron chi connectivity index (χ1n) is 10.4. The molecule has 0 atom stereocenters. The highest BCUT2D eigenvalue weighted by atomic mass is 32.2. The summed E-state index contributed by atoms with van der Waals surface area (Å²) in [5, 5.41) is 1.29. The molecule has 0 radical (unpaired) electrons. The number of likely N-dealkylation sites (N-methyl/N-ethyl adjacent to an activating group) is 1. The number of nitrogens with one attached hydrogen (secondary N) is 2. The van der Waals surface area contributed by atoms with Crippen molar-refractivity contribution in [1.82, 2.24) is 19.5 Å². The van der Waals surface area contributed by atoms with Gasteiger partial charge < -0.3 is 9.88 Å². The van der Waals surface area contributed by atoms with E-state index in [1.54, 1.807) is 12.1 Å². The minimum Gasteiger partial charge on any atom is -0.321 e. The fraction of sp³-hybridized carbons (Fsp3) is 0.348. The molecule has 1 aromatic heterocycles. The molecular weight excluding hydrogens is 412 g/mol. The number of sulfonamides is 1. The molecule has 2 N–H and O–H groups in total. The molecule has 1 aliphatic heterocycles. The maximum atomic E-state index is 12.7. The Hall–Kier alpha value is -2.52. The molecule has 8 heteroatoms. The number of pyridine rings is 1. The second-order valence-corrected chi connectivity index (χ2v) is 10.1. The summed E-state index contributed by atoms with van der Waals surface area (Å²) < 4.78 is 25.5. The Morgan fingerprint density at radius 2 is 1.71 bits per heavy atom. The second kappa shape index (κ2) is 8.92. The van der Waals surface area contributed by atoms with E-state index in [4.69, 9.17) is 0 Å². The van der Waals surface area contributed by atoms with Crippen molar-refractivity contribution in [2.45, 2.75) is 13.1 Å². The van der Waals surface area contributed by atoms with Crippen molar-refractivity contribution in [1.29, 1.82) is 0 Å². The zero-order valence-electron chi connectivity index (χ0n) is 17.9. The minimum atomic E-state index is -3.33. The zero-order valence-corrected chi connectivity index (χ0v) is 18.7. The lowest BCUT2D eigenvalue weighted by Crippen LogP contribution is -2.43. The molecule has 1 fully saturated rings. The number of H-pyrrole nitrogens is 1. The summed E-state index contributed by atoms with van der Waals surface area (Å²) in [6.07, 6.45) is 1.13. The molecule has 0 spiro atoms. The molecule has 0 bridgehead atoms. The molecule has 3 aromatic rings. The van der Waals surface area contributed by atoms with Gasteiger partial charge in [-0.05, 0) is 41.3 Å². The first-order valence-corrected chi connectivity index (χ1v) is 12.3. The number of fused-ring (bicyclic) bond motifs is 1. The SMILES string of the molecule is CN1CCN(Cc2ccc(-c3cc4c(CNS(C)(=O)=O)cccc4c(=O)[nH]3)cc2)CC1. The van der Waals surface area contributed by atoms with Gasteiger partial charge >= 0.3 is 0 Å². The minimum absolute atomic E-state index is 0.142. The molecule has 0 aliphatic carbocycles. The Balaban J connectivity index is 1.59. The van der Waals surface area contributed by atoms with E-state index in [9.17, 15) is 13.2 Å². The number of nitrogens with zero attached hydrogens (tertiary/aromatic N) is 2. The first kappa shape index (κ1) is 21.7. The molecule has 1 aliphatic rings. The largest absolute Gasteiger partial charge is 0.321 e. The number of benzene rings is 2. The molecular formula is C23H28N4O3S. The van der Waals surface area contributed by atoms with Crippen LogP contribution in [-0.4, -0.2) is 62.7 Å². The smallest absolute Gasteiger partial charge is 0.256 e. The Morgan fingerprint density at radius 3 is 2.39 bits per heavy atom. The predicted octanol–water partition coefficient (Wildman–Crippen LogP) is 1.99. The van der Waals surface area contributed by atoms with Crippen molar-refractivity contribution in [2.24, 2.45) is 0 Å². The third-order valence-corrected chi connectivity index (χ3v) is 6.44. The lowest BCUT2D eigenvalue weighted by Gasteiger charge is -2.32. The Morgan fingerprint density at radius 1 is 1.00 bits per heavy atom. The number of aromatic amines is 1. The summed E-state index contributed by atoms with van der Waals surface area (Å²) in [7, 11) is -1.17. The molecule has 164 valence electrons. The monoisotopic (exact) mass is 440 g/mol. The van der Waals surface area contributed by atoms with E-state index in [0.29, 0.717) is 5.39 Å². The summed E-state index contributed by atoms with van der Waals surface area (Å²) in [5.74, 6) is 0. The normalized spacial score (nSPS) is 16.1. The zero-order chi connectivity index (χ0) is 22.0. The van der Waals surface area contributed by atoms with Gasteiger partial charge in [-0.3, -0.25) is 9.69 Å². The topological polar surface area (TPSA) is 85.5 Å². The number of aromatic nitrogens is 1. The van der Waals surface area contributed by atoms with E-state index in [2.05, 4.69) is 38.7 Å². The Labute approximate surface area is 182 Å². The number of piperazine rings is 1. The van der Waals surface area contributed by atoms with Gasteiger partial charge in [0.15, 0.2) is 0 Å². The first-order chi connectivity index (χ1) is 14.8. The molecule has 31 heavy (non-hydrogen) atoms. The van der Waals surface area contributed by atoms with Gasteiger partial charge in [0.25, 0.3) is 5.56 Å². The molecule has 1 saturated heterocycles. The van der Waals surface area contributed by atoms with Crippen LogP contribution in [0, 0.1) is 0 Å². The quantitative estimate of drug-likeness (QED) is 0.612. The maximum absolute atomic E-state index is 12.7. The lowest BCUT2D eigenvalue weighted by atomic mass is 10.0. The standard InChI is InChI=1S/C23H28N4O3S/c1-26-10-12-27(13-11-26)16-17-6-8-18(9-7-17)22-14-21-19(15-24-31(2,29)30)4-3-5-20(21)23(28)25-22/h3-9,14,24H,10-13,15-16H2,1-2H3,(H,25,28). The van der Waals surface area contributed by atoms with Crippen molar-refractivity contribution in [2.75, 3.05) is 39.5 Å². The van der Waals surface area contributed by atoms with Crippen LogP contribution in [0.15, 0.2) is 53.3 Å². The Kier molecular flexibility index (Phi) is 6.24. The van der Waals surface area contributed by atoms with E-state index in [1.807, 2.05) is 24.3 Å². The molecule has 4 rings (SSSR count). The highest BCUT2D eigenvalue weighted by Gasteiger charge is 2.14. The van der Waals surface area contributed by atoms with E-state index >= 15 is 0 Å². The average Bonchev–Trinajstić information content (AvgIpc) is 2.74. The van der Waals surface area contributed by atoms with Gasteiger partial charge in [-0.15, -0.1) is 0 Å². The summed E-state index contributed by atoms with van der Waals surface area (Å²) in [4.78, 5) is 20.4. The molecule has 0 amide bonds. The van der Waals surface area contributed by atoms with Gasteiger partial charge in [-0.25, -0.2) is 13.1 Å². The van der Waals surface area contributed by atoms with Crippen LogP contribution in [0.1, 0.15) is 11.1 Å². The van der Waals surface area contributed by atoms with Crippen LogP contribution in [0.3, 0.4) is 0 Å². The second-order valence-electron chi connectivity index (χ2n) is 8.26. The molecule has 0 unspecified atom stereocenters. The fourth-order valence-electron chi connectivity index (χ4n) is 3.92. The summed E-state index contributed by atoms with van der Waals surface area (Å²) in [6, 6.07) is 15.5. The van der Waals surface area contributed by atoms with Gasteiger partial charge in [0, 0.05) is 50.3 Å². The molecule has 2 aromatic carbocycles. The number of rotatable bonds is 6.